The average Bonchev–Trinajstić information content (AvgIpc) is 2.66. The van der Waals surface area contributed by atoms with E-state index in [0.717, 1.165) is 31.7 Å². The van der Waals surface area contributed by atoms with Crippen molar-refractivity contribution in [3.8, 4) is 5.75 Å². The second-order valence-electron chi connectivity index (χ2n) is 6.98. The molecular formula is C19H28N4O3. The van der Waals surface area contributed by atoms with E-state index in [9.17, 15) is 9.59 Å². The molecule has 2 atom stereocenters. The van der Waals surface area contributed by atoms with Crippen molar-refractivity contribution in [2.45, 2.75) is 37.9 Å². The number of nitrogens with two attached hydrogens (primary N) is 1. The Hall–Kier alpha value is -2.12. The predicted molar refractivity (Wildman–Crippen MR) is 98.6 cm³/mol. The van der Waals surface area contributed by atoms with Crippen molar-refractivity contribution in [2.24, 2.45) is 5.73 Å². The van der Waals surface area contributed by atoms with Gasteiger partial charge in [-0.1, -0.05) is 12.1 Å². The van der Waals surface area contributed by atoms with Crippen molar-refractivity contribution < 1.29 is 14.3 Å². The van der Waals surface area contributed by atoms with E-state index in [2.05, 4.69) is 10.2 Å². The molecule has 142 valence electrons. The maximum absolute atomic E-state index is 12.7. The minimum Gasteiger partial charge on any atom is -0.497 e. The minimum absolute atomic E-state index is 0.0400. The first-order valence-electron chi connectivity index (χ1n) is 9.28. The van der Waals surface area contributed by atoms with Crippen LogP contribution >= 0.6 is 0 Å². The molecule has 1 aromatic rings. The summed E-state index contributed by atoms with van der Waals surface area (Å²) in [5.41, 5.74) is 6.68. The molecule has 0 spiro atoms. The van der Waals surface area contributed by atoms with Crippen LogP contribution in [0, 0.1) is 0 Å². The Labute approximate surface area is 154 Å². The van der Waals surface area contributed by atoms with Crippen LogP contribution in [-0.2, 0) is 16.1 Å². The van der Waals surface area contributed by atoms with Crippen molar-refractivity contribution in [1.29, 1.82) is 0 Å². The van der Waals surface area contributed by atoms with E-state index >= 15 is 0 Å². The van der Waals surface area contributed by atoms with Crippen molar-refractivity contribution >= 4 is 11.8 Å². The molecule has 0 aliphatic carbocycles. The van der Waals surface area contributed by atoms with Gasteiger partial charge in [-0.3, -0.25) is 14.5 Å². The van der Waals surface area contributed by atoms with Gasteiger partial charge in [-0.05, 0) is 43.5 Å². The van der Waals surface area contributed by atoms with Gasteiger partial charge in [-0.25, -0.2) is 0 Å². The second kappa shape index (κ2) is 8.51. The molecule has 0 radical (unpaired) electrons. The van der Waals surface area contributed by atoms with Gasteiger partial charge in [-0.2, -0.15) is 0 Å². The molecule has 26 heavy (non-hydrogen) atoms. The lowest BCUT2D eigenvalue weighted by molar-refractivity contribution is -0.153. The van der Waals surface area contributed by atoms with Crippen molar-refractivity contribution in [3.05, 3.63) is 29.8 Å². The highest BCUT2D eigenvalue weighted by Gasteiger charge is 2.42. The van der Waals surface area contributed by atoms with Gasteiger partial charge in [0.1, 0.15) is 17.8 Å². The van der Waals surface area contributed by atoms with Crippen LogP contribution in [-0.4, -0.2) is 67.0 Å². The van der Waals surface area contributed by atoms with Crippen LogP contribution < -0.4 is 15.8 Å². The van der Waals surface area contributed by atoms with E-state index in [1.807, 2.05) is 24.3 Å². The number of carbonyl (C=O) groups excluding carboxylic acids is 2. The predicted octanol–water partition coefficient (Wildman–Crippen LogP) is 0.335. The third-order valence-electron chi connectivity index (χ3n) is 5.18. The zero-order valence-electron chi connectivity index (χ0n) is 15.3. The molecular weight excluding hydrogens is 332 g/mol. The number of methoxy groups -OCH3 is 1. The van der Waals surface area contributed by atoms with Crippen LogP contribution in [0.25, 0.3) is 0 Å². The topological polar surface area (TPSA) is 87.9 Å². The summed E-state index contributed by atoms with van der Waals surface area (Å²) in [6.07, 6.45) is 2.40. The van der Waals surface area contributed by atoms with Gasteiger partial charge in [0.05, 0.1) is 7.11 Å². The van der Waals surface area contributed by atoms with Crippen molar-refractivity contribution in [1.82, 2.24) is 15.1 Å². The van der Waals surface area contributed by atoms with Gasteiger partial charge in [0.25, 0.3) is 0 Å². The summed E-state index contributed by atoms with van der Waals surface area (Å²) in [6.45, 7) is 3.31. The Bertz CT molecular complexity index is 634. The third-order valence-corrected chi connectivity index (χ3v) is 5.18. The molecule has 0 saturated carbocycles. The van der Waals surface area contributed by atoms with E-state index in [1.165, 1.54) is 5.56 Å². The molecule has 2 aliphatic heterocycles. The lowest BCUT2D eigenvalue weighted by Crippen LogP contribution is -2.69. The molecule has 2 saturated heterocycles. The van der Waals surface area contributed by atoms with Gasteiger partial charge in [0.2, 0.25) is 11.8 Å². The van der Waals surface area contributed by atoms with Crippen LogP contribution in [0.2, 0.25) is 0 Å². The summed E-state index contributed by atoms with van der Waals surface area (Å²) in [4.78, 5) is 29.2. The normalized spacial score (nSPS) is 23.5. The highest BCUT2D eigenvalue weighted by molar-refractivity contribution is 5.97. The minimum atomic E-state index is -0.390. The van der Waals surface area contributed by atoms with E-state index in [4.69, 9.17) is 10.5 Å². The van der Waals surface area contributed by atoms with Crippen molar-refractivity contribution in [2.75, 3.05) is 33.3 Å². The van der Waals surface area contributed by atoms with Crippen LogP contribution in [0.1, 0.15) is 24.8 Å². The first kappa shape index (κ1) is 18.7. The van der Waals surface area contributed by atoms with Crippen LogP contribution in [0.15, 0.2) is 24.3 Å². The second-order valence-corrected chi connectivity index (χ2v) is 6.98. The van der Waals surface area contributed by atoms with Crippen LogP contribution in [0.5, 0.6) is 5.75 Å². The third kappa shape index (κ3) is 4.16. The Morgan fingerprint density at radius 2 is 1.96 bits per heavy atom. The lowest BCUT2D eigenvalue weighted by Gasteiger charge is -2.45. The number of amides is 2. The Balaban J connectivity index is 1.58. The zero-order chi connectivity index (χ0) is 18.5. The number of hydrogen-bond donors (Lipinski definition) is 2. The number of rotatable bonds is 7. The number of nitrogens with zero attached hydrogens (tertiary/aromatic N) is 2. The molecule has 0 bridgehead atoms. The first-order valence-corrected chi connectivity index (χ1v) is 9.28. The smallest absolute Gasteiger partial charge is 0.245 e. The number of fused-ring (bicyclic) bond motifs is 1. The molecule has 3 rings (SSSR count). The van der Waals surface area contributed by atoms with Gasteiger partial charge >= 0.3 is 0 Å². The fourth-order valence-electron chi connectivity index (χ4n) is 3.68. The van der Waals surface area contributed by atoms with Gasteiger partial charge in [0.15, 0.2) is 0 Å². The van der Waals surface area contributed by atoms with Crippen LogP contribution in [0.3, 0.4) is 0 Å². The maximum atomic E-state index is 12.7. The highest BCUT2D eigenvalue weighted by atomic mass is 16.5. The highest BCUT2D eigenvalue weighted by Crippen LogP contribution is 2.20. The lowest BCUT2D eigenvalue weighted by atomic mass is 10.00. The standard InChI is InChI=1S/C19H28N4O3/c1-26-15-7-5-14(6-8-15)12-22-10-11-23-17(13-22)18(24)21-16(19(23)25)4-2-3-9-20/h5-8,16-17H,2-4,9-13,20H2,1H3,(H,21,24)/t16-,17+/m0/s1. The number of ether oxygens (including phenoxy) is 1. The Morgan fingerprint density at radius 3 is 2.65 bits per heavy atom. The number of benzene rings is 1. The maximum Gasteiger partial charge on any atom is 0.245 e. The number of carbonyl (C=O) groups is 2. The van der Waals surface area contributed by atoms with Crippen molar-refractivity contribution in [3.63, 3.8) is 0 Å². The van der Waals surface area contributed by atoms with Gasteiger partial charge in [0, 0.05) is 26.2 Å². The number of unbranched alkanes of at least 4 members (excludes halogenated alkanes) is 1. The molecule has 2 heterocycles. The molecule has 1 aromatic carbocycles. The fourth-order valence-corrected chi connectivity index (χ4v) is 3.68. The average molecular weight is 360 g/mol. The first-order chi connectivity index (χ1) is 12.6. The number of hydrogen-bond acceptors (Lipinski definition) is 5. The summed E-state index contributed by atoms with van der Waals surface area (Å²) in [7, 11) is 1.65. The Kier molecular flexibility index (Phi) is 6.11. The summed E-state index contributed by atoms with van der Waals surface area (Å²) >= 11 is 0. The van der Waals surface area contributed by atoms with Gasteiger partial charge < -0.3 is 20.7 Å². The molecule has 0 unspecified atom stereocenters. The molecule has 2 aliphatic rings. The largest absolute Gasteiger partial charge is 0.497 e. The SMILES string of the molecule is COc1ccc(CN2CCN3C(=O)[C@H](CCCCN)NC(=O)[C@H]3C2)cc1. The molecule has 0 aromatic heterocycles. The molecule has 3 N–H and O–H groups in total. The van der Waals surface area contributed by atoms with E-state index in [-0.39, 0.29) is 17.9 Å². The molecule has 2 amide bonds. The quantitative estimate of drug-likeness (QED) is 0.685. The van der Waals surface area contributed by atoms with E-state index < -0.39 is 6.04 Å². The summed E-state index contributed by atoms with van der Waals surface area (Å²) in [5.74, 6) is 0.842. The van der Waals surface area contributed by atoms with Crippen LogP contribution in [0.4, 0.5) is 0 Å². The number of nitrogens with one attached hydrogen (secondary N) is 1. The molecule has 2 fully saturated rings. The molecule has 7 heteroatoms. The summed E-state index contributed by atoms with van der Waals surface area (Å²) < 4.78 is 5.18. The Morgan fingerprint density at radius 1 is 1.19 bits per heavy atom. The fraction of sp³-hybridized carbons (Fsp3) is 0.579. The number of piperazine rings is 2. The van der Waals surface area contributed by atoms with E-state index in [1.54, 1.807) is 12.0 Å². The van der Waals surface area contributed by atoms with Gasteiger partial charge in [-0.15, -0.1) is 0 Å². The summed E-state index contributed by atoms with van der Waals surface area (Å²) in [6, 6.07) is 7.16. The monoisotopic (exact) mass is 360 g/mol. The molecule has 7 nitrogen and oxygen atoms in total. The van der Waals surface area contributed by atoms with E-state index in [0.29, 0.717) is 26.1 Å². The summed E-state index contributed by atoms with van der Waals surface area (Å²) in [5, 5.41) is 2.91. The zero-order valence-corrected chi connectivity index (χ0v) is 15.3.